The third-order valence-electron chi connectivity index (χ3n) is 3.40. The van der Waals surface area contributed by atoms with Gasteiger partial charge in [-0.25, -0.2) is 9.18 Å². The molecule has 0 aliphatic carbocycles. The van der Waals surface area contributed by atoms with Crippen molar-refractivity contribution in [3.05, 3.63) is 53.6 Å². The molecule has 0 aromatic heterocycles. The SMILES string of the molecule is C=C1OC(=O)C(CNC(=O)CCCC)=C1c1ccc(F)cc1. The lowest BCUT2D eigenvalue weighted by Crippen LogP contribution is -2.27. The number of amides is 1. The molecule has 1 amide bonds. The number of carbonyl (C=O) groups excluding carboxylic acids is 2. The van der Waals surface area contributed by atoms with E-state index in [1.54, 1.807) is 12.1 Å². The van der Waals surface area contributed by atoms with Crippen molar-refractivity contribution in [2.24, 2.45) is 0 Å². The monoisotopic (exact) mass is 303 g/mol. The largest absolute Gasteiger partial charge is 0.423 e. The number of nitrogens with one attached hydrogen (secondary N) is 1. The minimum absolute atomic E-state index is 0.0765. The van der Waals surface area contributed by atoms with Gasteiger partial charge in [-0.05, 0) is 24.1 Å². The van der Waals surface area contributed by atoms with Gasteiger partial charge in [0.15, 0.2) is 0 Å². The number of carbonyl (C=O) groups is 2. The number of benzene rings is 1. The van der Waals surface area contributed by atoms with Crippen LogP contribution in [0.25, 0.3) is 5.57 Å². The van der Waals surface area contributed by atoms with Crippen LogP contribution in [-0.2, 0) is 14.3 Å². The predicted molar refractivity (Wildman–Crippen MR) is 81.1 cm³/mol. The van der Waals surface area contributed by atoms with Crippen LogP contribution < -0.4 is 5.32 Å². The highest BCUT2D eigenvalue weighted by atomic mass is 19.1. The predicted octanol–water partition coefficient (Wildman–Crippen LogP) is 2.96. The normalized spacial score (nSPS) is 14.3. The molecule has 116 valence electrons. The lowest BCUT2D eigenvalue weighted by molar-refractivity contribution is -0.133. The molecule has 1 aromatic carbocycles. The summed E-state index contributed by atoms with van der Waals surface area (Å²) in [7, 11) is 0. The average Bonchev–Trinajstić information content (AvgIpc) is 2.78. The Balaban J connectivity index is 2.19. The van der Waals surface area contributed by atoms with E-state index in [0.29, 0.717) is 23.1 Å². The second kappa shape index (κ2) is 7.02. The number of unbranched alkanes of at least 4 members (excludes halogenated alkanes) is 1. The van der Waals surface area contributed by atoms with Crippen LogP contribution in [0.2, 0.25) is 0 Å². The standard InChI is InChI=1S/C17H18FNO3/c1-3-4-5-15(20)19-10-14-16(11(2)22-17(14)21)12-6-8-13(18)9-7-12/h6-9H,2-5,10H2,1H3,(H,19,20). The van der Waals surface area contributed by atoms with Gasteiger partial charge in [-0.1, -0.05) is 32.1 Å². The summed E-state index contributed by atoms with van der Waals surface area (Å²) in [6.07, 6.45) is 2.15. The van der Waals surface area contributed by atoms with Gasteiger partial charge in [0.05, 0.1) is 12.1 Å². The minimum Gasteiger partial charge on any atom is -0.423 e. The quantitative estimate of drug-likeness (QED) is 0.822. The Labute approximate surface area is 128 Å². The summed E-state index contributed by atoms with van der Waals surface area (Å²) in [6, 6.07) is 5.71. The summed E-state index contributed by atoms with van der Waals surface area (Å²) in [5, 5.41) is 2.71. The molecule has 1 aromatic rings. The van der Waals surface area contributed by atoms with Crippen molar-refractivity contribution < 1.29 is 18.7 Å². The Morgan fingerprint density at radius 3 is 2.64 bits per heavy atom. The zero-order chi connectivity index (χ0) is 16.1. The number of allylic oxidation sites excluding steroid dienone is 1. The van der Waals surface area contributed by atoms with E-state index in [1.165, 1.54) is 12.1 Å². The number of cyclic esters (lactones) is 1. The van der Waals surface area contributed by atoms with Gasteiger partial charge in [0.25, 0.3) is 0 Å². The molecule has 0 radical (unpaired) electrons. The van der Waals surface area contributed by atoms with Gasteiger partial charge in [-0.15, -0.1) is 0 Å². The van der Waals surface area contributed by atoms with Gasteiger partial charge >= 0.3 is 5.97 Å². The fourth-order valence-electron chi connectivity index (χ4n) is 2.22. The molecule has 1 heterocycles. The Hall–Kier alpha value is -2.43. The Morgan fingerprint density at radius 1 is 1.32 bits per heavy atom. The molecule has 1 aliphatic rings. The van der Waals surface area contributed by atoms with E-state index in [2.05, 4.69) is 11.9 Å². The van der Waals surface area contributed by atoms with Crippen molar-refractivity contribution >= 4 is 17.4 Å². The molecule has 4 nitrogen and oxygen atoms in total. The number of hydrogen-bond acceptors (Lipinski definition) is 3. The van der Waals surface area contributed by atoms with Gasteiger partial charge in [0, 0.05) is 12.0 Å². The molecule has 22 heavy (non-hydrogen) atoms. The van der Waals surface area contributed by atoms with E-state index in [1.807, 2.05) is 6.92 Å². The highest BCUT2D eigenvalue weighted by Crippen LogP contribution is 2.33. The van der Waals surface area contributed by atoms with Crippen molar-refractivity contribution in [1.29, 1.82) is 0 Å². The van der Waals surface area contributed by atoms with Crippen LogP contribution >= 0.6 is 0 Å². The van der Waals surface area contributed by atoms with E-state index in [-0.39, 0.29) is 24.0 Å². The Kier molecular flexibility index (Phi) is 5.09. The first kappa shape index (κ1) is 15.9. The summed E-state index contributed by atoms with van der Waals surface area (Å²) >= 11 is 0. The van der Waals surface area contributed by atoms with Crippen LogP contribution in [0.3, 0.4) is 0 Å². The molecule has 0 bridgehead atoms. The number of hydrogen-bond donors (Lipinski definition) is 1. The highest BCUT2D eigenvalue weighted by Gasteiger charge is 2.29. The average molecular weight is 303 g/mol. The maximum absolute atomic E-state index is 13.0. The zero-order valence-electron chi connectivity index (χ0n) is 12.4. The molecule has 0 fully saturated rings. The van der Waals surface area contributed by atoms with Gasteiger partial charge in [0.2, 0.25) is 5.91 Å². The molecular weight excluding hydrogens is 285 g/mol. The van der Waals surface area contributed by atoms with Crippen LogP contribution in [0.4, 0.5) is 4.39 Å². The van der Waals surface area contributed by atoms with Gasteiger partial charge in [-0.3, -0.25) is 4.79 Å². The first-order chi connectivity index (χ1) is 10.5. The number of halogens is 1. The molecule has 0 unspecified atom stereocenters. The molecule has 2 rings (SSSR count). The van der Waals surface area contributed by atoms with E-state index in [0.717, 1.165) is 12.8 Å². The summed E-state index contributed by atoms with van der Waals surface area (Å²) in [6.45, 7) is 5.78. The summed E-state index contributed by atoms with van der Waals surface area (Å²) in [5.41, 5.74) is 1.48. The molecular formula is C17H18FNO3. The molecule has 0 spiro atoms. The second-order valence-electron chi connectivity index (χ2n) is 5.05. The molecule has 1 N–H and O–H groups in total. The molecule has 5 heteroatoms. The van der Waals surface area contributed by atoms with Crippen molar-refractivity contribution in [3.63, 3.8) is 0 Å². The zero-order valence-corrected chi connectivity index (χ0v) is 12.4. The lowest BCUT2D eigenvalue weighted by atomic mass is 10.00. The van der Waals surface area contributed by atoms with Crippen LogP contribution in [-0.4, -0.2) is 18.4 Å². The fourth-order valence-corrected chi connectivity index (χ4v) is 2.22. The summed E-state index contributed by atoms with van der Waals surface area (Å²) in [5.74, 6) is -0.790. The maximum atomic E-state index is 13.0. The topological polar surface area (TPSA) is 55.4 Å². The molecule has 0 atom stereocenters. The lowest BCUT2D eigenvalue weighted by Gasteiger charge is -2.06. The second-order valence-corrected chi connectivity index (χ2v) is 5.05. The smallest absolute Gasteiger partial charge is 0.341 e. The van der Waals surface area contributed by atoms with Crippen LogP contribution in [0.15, 0.2) is 42.2 Å². The van der Waals surface area contributed by atoms with E-state index < -0.39 is 5.97 Å². The van der Waals surface area contributed by atoms with Gasteiger partial charge in [0.1, 0.15) is 11.6 Å². The van der Waals surface area contributed by atoms with Gasteiger partial charge < -0.3 is 10.1 Å². The fraction of sp³-hybridized carbons (Fsp3) is 0.294. The van der Waals surface area contributed by atoms with Crippen molar-refractivity contribution in [3.8, 4) is 0 Å². The van der Waals surface area contributed by atoms with E-state index in [9.17, 15) is 14.0 Å². The van der Waals surface area contributed by atoms with Gasteiger partial charge in [-0.2, -0.15) is 0 Å². The Morgan fingerprint density at radius 2 is 2.00 bits per heavy atom. The third kappa shape index (κ3) is 3.61. The molecule has 0 saturated carbocycles. The Bertz CT molecular complexity index is 632. The number of ether oxygens (including phenoxy) is 1. The third-order valence-corrected chi connectivity index (χ3v) is 3.40. The van der Waals surface area contributed by atoms with Crippen molar-refractivity contribution in [2.45, 2.75) is 26.2 Å². The summed E-state index contributed by atoms with van der Waals surface area (Å²) in [4.78, 5) is 23.6. The molecule has 1 aliphatic heterocycles. The highest BCUT2D eigenvalue weighted by molar-refractivity contribution is 6.07. The first-order valence-corrected chi connectivity index (χ1v) is 7.20. The molecule has 0 saturated heterocycles. The summed E-state index contributed by atoms with van der Waals surface area (Å²) < 4.78 is 18.1. The first-order valence-electron chi connectivity index (χ1n) is 7.20. The van der Waals surface area contributed by atoms with E-state index >= 15 is 0 Å². The van der Waals surface area contributed by atoms with Crippen LogP contribution in [0.5, 0.6) is 0 Å². The van der Waals surface area contributed by atoms with E-state index in [4.69, 9.17) is 4.74 Å². The van der Waals surface area contributed by atoms with Crippen molar-refractivity contribution in [1.82, 2.24) is 5.32 Å². The van der Waals surface area contributed by atoms with Crippen LogP contribution in [0, 0.1) is 5.82 Å². The number of esters is 1. The maximum Gasteiger partial charge on any atom is 0.341 e. The van der Waals surface area contributed by atoms with Crippen LogP contribution in [0.1, 0.15) is 31.7 Å². The minimum atomic E-state index is -0.528. The van der Waals surface area contributed by atoms with Crippen molar-refractivity contribution in [2.75, 3.05) is 6.54 Å². The number of rotatable bonds is 6.